The molecule has 2 aromatic rings. The molecule has 0 aromatic heterocycles. The Hall–Kier alpha value is -3.08. The van der Waals surface area contributed by atoms with E-state index in [2.05, 4.69) is 0 Å². The van der Waals surface area contributed by atoms with Crippen molar-refractivity contribution in [3.8, 4) is 0 Å². The van der Waals surface area contributed by atoms with Gasteiger partial charge in [-0.2, -0.15) is 4.31 Å². The maximum absolute atomic E-state index is 13.1. The van der Waals surface area contributed by atoms with Gasteiger partial charge in [0.25, 0.3) is 11.8 Å². The van der Waals surface area contributed by atoms with Gasteiger partial charge in [-0.25, -0.2) is 13.2 Å². The average Bonchev–Trinajstić information content (AvgIpc) is 3.03. The average molecular weight is 473 g/mol. The summed E-state index contributed by atoms with van der Waals surface area (Å²) in [6.45, 7) is 3.75. The lowest BCUT2D eigenvalue weighted by Gasteiger charge is -2.34. The first kappa shape index (κ1) is 23.1. The molecule has 1 saturated heterocycles. The molecule has 0 bridgehead atoms. The van der Waals surface area contributed by atoms with Crippen molar-refractivity contribution in [3.63, 3.8) is 0 Å². The first-order chi connectivity index (χ1) is 15.7. The molecule has 33 heavy (non-hydrogen) atoms. The minimum absolute atomic E-state index is 0.0152. The number of hydrogen-bond acceptors (Lipinski definition) is 7. The van der Waals surface area contributed by atoms with Crippen LogP contribution in [0.1, 0.15) is 44.9 Å². The van der Waals surface area contributed by atoms with Gasteiger partial charge in [-0.1, -0.05) is 18.2 Å². The second-order valence-corrected chi connectivity index (χ2v) is 9.99. The Kier molecular flexibility index (Phi) is 6.33. The summed E-state index contributed by atoms with van der Waals surface area (Å²) in [5, 5.41) is 0. The molecule has 4 rings (SSSR count). The highest BCUT2D eigenvalue weighted by molar-refractivity contribution is 7.89. The fourth-order valence-corrected chi connectivity index (χ4v) is 5.65. The summed E-state index contributed by atoms with van der Waals surface area (Å²) in [6, 6.07) is 12.1. The summed E-state index contributed by atoms with van der Waals surface area (Å²) >= 11 is 0. The van der Waals surface area contributed by atoms with Gasteiger partial charge in [0.15, 0.2) is 0 Å². The molecule has 0 N–H and O–H groups in total. The Morgan fingerprint density at radius 3 is 2.21 bits per heavy atom. The third-order valence-electron chi connectivity index (χ3n) is 5.52. The Bertz CT molecular complexity index is 1170. The van der Waals surface area contributed by atoms with Gasteiger partial charge >= 0.3 is 5.97 Å². The number of morpholine rings is 1. The zero-order chi connectivity index (χ0) is 23.8. The minimum atomic E-state index is -3.81. The summed E-state index contributed by atoms with van der Waals surface area (Å²) in [5.41, 5.74) is 0.699. The van der Waals surface area contributed by atoms with Crippen molar-refractivity contribution in [1.82, 2.24) is 9.21 Å². The number of rotatable bonds is 6. The lowest BCUT2D eigenvalue weighted by Crippen LogP contribution is -2.48. The second-order valence-electron chi connectivity index (χ2n) is 8.05. The van der Waals surface area contributed by atoms with E-state index in [1.54, 1.807) is 38.1 Å². The van der Waals surface area contributed by atoms with Crippen LogP contribution in [0.15, 0.2) is 53.4 Å². The summed E-state index contributed by atoms with van der Waals surface area (Å²) in [6.07, 6.45) is -0.474. The van der Waals surface area contributed by atoms with Crippen LogP contribution in [0, 0.1) is 0 Å². The van der Waals surface area contributed by atoms with Crippen molar-refractivity contribution in [3.05, 3.63) is 65.2 Å². The number of fused-ring (bicyclic) bond motifs is 1. The van der Waals surface area contributed by atoms with E-state index in [9.17, 15) is 22.8 Å². The standard InChI is InChI=1S/C23H24N2O7S/c1-15-13-24(14-16(2)32-15)33(29,30)18-7-5-6-17(12-18)23(28)31-11-10-25-21(26)19-8-3-4-9-20(19)22(25)27/h3-9,12,15-16H,10-11,13-14H2,1-2H3. The molecule has 9 nitrogen and oxygen atoms in total. The molecular formula is C23H24N2O7S. The van der Waals surface area contributed by atoms with E-state index < -0.39 is 27.8 Å². The first-order valence-corrected chi connectivity index (χ1v) is 12.0. The number of nitrogens with zero attached hydrogens (tertiary/aromatic N) is 2. The first-order valence-electron chi connectivity index (χ1n) is 10.6. The summed E-state index contributed by atoms with van der Waals surface area (Å²) in [5.74, 6) is -1.62. The van der Waals surface area contributed by atoms with E-state index in [4.69, 9.17) is 9.47 Å². The van der Waals surface area contributed by atoms with Crippen molar-refractivity contribution in [1.29, 1.82) is 0 Å². The van der Waals surface area contributed by atoms with Crippen LogP contribution in [0.3, 0.4) is 0 Å². The van der Waals surface area contributed by atoms with Gasteiger partial charge in [0.2, 0.25) is 10.0 Å². The molecule has 1 fully saturated rings. The van der Waals surface area contributed by atoms with E-state index in [1.165, 1.54) is 28.6 Å². The molecule has 2 amide bonds. The number of carbonyl (C=O) groups excluding carboxylic acids is 3. The molecule has 0 radical (unpaired) electrons. The molecule has 0 spiro atoms. The Morgan fingerprint density at radius 2 is 1.61 bits per heavy atom. The number of benzene rings is 2. The quantitative estimate of drug-likeness (QED) is 0.467. The van der Waals surface area contributed by atoms with Gasteiger partial charge in [-0.05, 0) is 44.2 Å². The molecule has 0 aliphatic carbocycles. The minimum Gasteiger partial charge on any atom is -0.460 e. The molecular weight excluding hydrogens is 448 g/mol. The zero-order valence-corrected chi connectivity index (χ0v) is 19.1. The third-order valence-corrected chi connectivity index (χ3v) is 7.35. The predicted octanol–water partition coefficient (Wildman–Crippen LogP) is 1.94. The van der Waals surface area contributed by atoms with Crippen LogP contribution < -0.4 is 0 Å². The number of carbonyl (C=O) groups is 3. The summed E-state index contributed by atoms with van der Waals surface area (Å²) < 4.78 is 38.3. The van der Waals surface area contributed by atoms with Gasteiger partial charge in [0.1, 0.15) is 6.61 Å². The molecule has 2 aromatic carbocycles. The van der Waals surface area contributed by atoms with Crippen LogP contribution in [-0.4, -0.2) is 73.9 Å². The Balaban J connectivity index is 1.40. The van der Waals surface area contributed by atoms with Crippen LogP contribution in [0.2, 0.25) is 0 Å². The normalized spacial score (nSPS) is 21.2. The van der Waals surface area contributed by atoms with E-state index in [0.29, 0.717) is 11.1 Å². The van der Waals surface area contributed by atoms with Crippen molar-refractivity contribution in [2.24, 2.45) is 0 Å². The SMILES string of the molecule is CC1CN(S(=O)(=O)c2cccc(C(=O)OCCN3C(=O)c4ccccc4C3=O)c2)CC(C)O1. The highest BCUT2D eigenvalue weighted by Gasteiger charge is 2.35. The molecule has 2 heterocycles. The topological polar surface area (TPSA) is 110 Å². The molecule has 2 atom stereocenters. The van der Waals surface area contributed by atoms with E-state index in [0.717, 1.165) is 4.90 Å². The van der Waals surface area contributed by atoms with Gasteiger partial charge < -0.3 is 9.47 Å². The van der Waals surface area contributed by atoms with Crippen molar-refractivity contribution in [2.45, 2.75) is 31.0 Å². The number of imide groups is 1. The third kappa shape index (κ3) is 4.54. The van der Waals surface area contributed by atoms with Gasteiger partial charge in [-0.3, -0.25) is 14.5 Å². The number of amides is 2. The van der Waals surface area contributed by atoms with Crippen LogP contribution >= 0.6 is 0 Å². The van der Waals surface area contributed by atoms with Crippen molar-refractivity contribution in [2.75, 3.05) is 26.2 Å². The largest absolute Gasteiger partial charge is 0.460 e. The lowest BCUT2D eigenvalue weighted by molar-refractivity contribution is -0.0440. The van der Waals surface area contributed by atoms with Crippen LogP contribution in [0.25, 0.3) is 0 Å². The van der Waals surface area contributed by atoms with Crippen LogP contribution in [-0.2, 0) is 19.5 Å². The smallest absolute Gasteiger partial charge is 0.338 e. The van der Waals surface area contributed by atoms with Gasteiger partial charge in [0, 0.05) is 13.1 Å². The maximum Gasteiger partial charge on any atom is 0.338 e. The Labute approximate surface area is 191 Å². The zero-order valence-electron chi connectivity index (χ0n) is 18.3. The molecule has 0 saturated carbocycles. The van der Waals surface area contributed by atoms with Gasteiger partial charge in [0.05, 0.1) is 40.3 Å². The fourth-order valence-electron chi connectivity index (χ4n) is 4.01. The van der Waals surface area contributed by atoms with Crippen LogP contribution in [0.5, 0.6) is 0 Å². The monoisotopic (exact) mass is 472 g/mol. The molecule has 174 valence electrons. The molecule has 2 unspecified atom stereocenters. The number of esters is 1. The molecule has 2 aliphatic rings. The fraction of sp³-hybridized carbons (Fsp3) is 0.348. The predicted molar refractivity (Wildman–Crippen MR) is 117 cm³/mol. The van der Waals surface area contributed by atoms with Crippen molar-refractivity contribution >= 4 is 27.8 Å². The molecule has 10 heteroatoms. The summed E-state index contributed by atoms with van der Waals surface area (Å²) in [7, 11) is -3.81. The number of ether oxygens (including phenoxy) is 2. The molecule has 2 aliphatic heterocycles. The maximum atomic E-state index is 13.1. The highest BCUT2D eigenvalue weighted by Crippen LogP contribution is 2.23. The lowest BCUT2D eigenvalue weighted by atomic mass is 10.1. The number of sulfonamides is 1. The van der Waals surface area contributed by atoms with Crippen LogP contribution in [0.4, 0.5) is 0 Å². The van der Waals surface area contributed by atoms with E-state index in [1.807, 2.05) is 0 Å². The highest BCUT2D eigenvalue weighted by atomic mass is 32.2. The van der Waals surface area contributed by atoms with Crippen molar-refractivity contribution < 1.29 is 32.3 Å². The van der Waals surface area contributed by atoms with E-state index in [-0.39, 0.29) is 48.9 Å². The Morgan fingerprint density at radius 1 is 1.00 bits per heavy atom. The second kappa shape index (κ2) is 9.05. The van der Waals surface area contributed by atoms with Gasteiger partial charge in [-0.15, -0.1) is 0 Å². The summed E-state index contributed by atoms with van der Waals surface area (Å²) in [4.78, 5) is 38.3. The number of hydrogen-bond donors (Lipinski definition) is 0. The van der Waals surface area contributed by atoms with E-state index >= 15 is 0 Å².